The van der Waals surface area contributed by atoms with E-state index in [0.29, 0.717) is 23.1 Å². The molecule has 0 N–H and O–H groups in total. The highest BCUT2D eigenvalue weighted by Gasteiger charge is 2.34. The Bertz CT molecular complexity index is 575. The topological polar surface area (TPSA) is 72.7 Å². The van der Waals surface area contributed by atoms with Crippen molar-refractivity contribution in [3.05, 3.63) is 33.9 Å². The number of hydrogen-bond donors (Lipinski definition) is 0. The van der Waals surface area contributed by atoms with E-state index >= 15 is 0 Å². The minimum absolute atomic E-state index is 0.00979. The second-order valence-electron chi connectivity index (χ2n) is 5.90. The molecule has 1 aliphatic heterocycles. The smallest absolute Gasteiger partial charge is 0.339 e. The molecule has 2 unspecified atom stereocenters. The molecule has 0 aromatic heterocycles. The van der Waals surface area contributed by atoms with Crippen molar-refractivity contribution in [2.45, 2.75) is 19.3 Å². The van der Waals surface area contributed by atoms with Gasteiger partial charge in [0.05, 0.1) is 23.3 Å². The third kappa shape index (κ3) is 2.57. The molecule has 3 rings (SSSR count). The first-order valence-electron chi connectivity index (χ1n) is 7.20. The maximum atomic E-state index is 11.9. The molecule has 1 aromatic carbocycles. The number of piperidine rings is 1. The Labute approximate surface area is 122 Å². The summed E-state index contributed by atoms with van der Waals surface area (Å²) in [7, 11) is 1.33. The Morgan fingerprint density at radius 3 is 2.57 bits per heavy atom. The molecule has 1 saturated carbocycles. The maximum absolute atomic E-state index is 11.9. The van der Waals surface area contributed by atoms with Gasteiger partial charge >= 0.3 is 5.97 Å². The predicted molar refractivity (Wildman–Crippen MR) is 77.5 cm³/mol. The molecule has 112 valence electrons. The molecule has 2 atom stereocenters. The van der Waals surface area contributed by atoms with E-state index in [4.69, 9.17) is 4.74 Å². The zero-order chi connectivity index (χ0) is 15.0. The number of anilines is 1. The Hall–Kier alpha value is -2.11. The lowest BCUT2D eigenvalue weighted by molar-refractivity contribution is -0.384. The predicted octanol–water partition coefficient (Wildman–Crippen LogP) is 2.62. The molecule has 1 aliphatic carbocycles. The van der Waals surface area contributed by atoms with E-state index < -0.39 is 10.9 Å². The number of ether oxygens (including phenoxy) is 1. The Balaban J connectivity index is 1.99. The van der Waals surface area contributed by atoms with Gasteiger partial charge in [0.1, 0.15) is 0 Å². The van der Waals surface area contributed by atoms with Gasteiger partial charge in [0, 0.05) is 25.2 Å². The van der Waals surface area contributed by atoms with Crippen LogP contribution >= 0.6 is 0 Å². The monoisotopic (exact) mass is 290 g/mol. The lowest BCUT2D eigenvalue weighted by atomic mass is 9.97. The molecule has 2 aliphatic rings. The van der Waals surface area contributed by atoms with Gasteiger partial charge in [-0.3, -0.25) is 10.1 Å². The average Bonchev–Trinajstić information content (AvgIpc) is 2.84. The summed E-state index contributed by atoms with van der Waals surface area (Å²) in [6, 6.07) is 4.35. The average molecular weight is 290 g/mol. The second-order valence-corrected chi connectivity index (χ2v) is 5.90. The first-order valence-corrected chi connectivity index (χ1v) is 7.20. The highest BCUT2D eigenvalue weighted by molar-refractivity contribution is 5.96. The van der Waals surface area contributed by atoms with Crippen LogP contribution in [0.2, 0.25) is 0 Å². The molecule has 2 bridgehead atoms. The summed E-state index contributed by atoms with van der Waals surface area (Å²) in [6.45, 7) is 1.73. The zero-order valence-corrected chi connectivity index (χ0v) is 11.9. The molecule has 6 heteroatoms. The minimum atomic E-state index is -0.446. The minimum Gasteiger partial charge on any atom is -0.465 e. The fraction of sp³-hybridized carbons (Fsp3) is 0.533. The maximum Gasteiger partial charge on any atom is 0.339 e. The van der Waals surface area contributed by atoms with Crippen LogP contribution in [0.3, 0.4) is 0 Å². The van der Waals surface area contributed by atoms with Crippen LogP contribution in [0.1, 0.15) is 29.6 Å². The molecule has 6 nitrogen and oxygen atoms in total. The molecule has 2 fully saturated rings. The van der Waals surface area contributed by atoms with Crippen molar-refractivity contribution >= 4 is 17.3 Å². The van der Waals surface area contributed by atoms with Crippen molar-refractivity contribution in [3.8, 4) is 0 Å². The highest BCUT2D eigenvalue weighted by Crippen LogP contribution is 2.39. The molecule has 1 saturated heterocycles. The first-order chi connectivity index (χ1) is 10.1. The van der Waals surface area contributed by atoms with Crippen LogP contribution in [-0.2, 0) is 4.74 Å². The number of carbonyl (C=O) groups excluding carboxylic acids is 1. The Morgan fingerprint density at radius 2 is 2.00 bits per heavy atom. The van der Waals surface area contributed by atoms with E-state index in [1.807, 2.05) is 0 Å². The molecule has 0 radical (unpaired) electrons. The van der Waals surface area contributed by atoms with Crippen molar-refractivity contribution in [2.24, 2.45) is 11.8 Å². The van der Waals surface area contributed by atoms with E-state index in [-0.39, 0.29) is 5.69 Å². The number of rotatable bonds is 3. The number of fused-ring (bicyclic) bond motifs is 2. The summed E-state index contributed by atoms with van der Waals surface area (Å²) in [5.41, 5.74) is 1.05. The highest BCUT2D eigenvalue weighted by atomic mass is 16.6. The number of nitro benzene ring substituents is 1. The fourth-order valence-corrected chi connectivity index (χ4v) is 3.58. The zero-order valence-electron chi connectivity index (χ0n) is 11.9. The molecule has 21 heavy (non-hydrogen) atoms. The van der Waals surface area contributed by atoms with Gasteiger partial charge in [-0.1, -0.05) is 0 Å². The molecular weight excluding hydrogens is 272 g/mol. The number of carbonyl (C=O) groups is 1. The number of esters is 1. The number of non-ortho nitro benzene ring substituents is 1. The molecule has 0 spiro atoms. The largest absolute Gasteiger partial charge is 0.465 e. The molecular formula is C15H18N2O4. The van der Waals surface area contributed by atoms with Gasteiger partial charge in [0.15, 0.2) is 0 Å². The third-order valence-electron chi connectivity index (χ3n) is 4.55. The fourth-order valence-electron chi connectivity index (χ4n) is 3.58. The lowest BCUT2D eigenvalue weighted by Crippen LogP contribution is -2.37. The summed E-state index contributed by atoms with van der Waals surface area (Å²) in [5.74, 6) is 0.819. The summed E-state index contributed by atoms with van der Waals surface area (Å²) in [4.78, 5) is 24.6. The number of nitro groups is 1. The van der Waals surface area contributed by atoms with Crippen LogP contribution in [0.15, 0.2) is 18.2 Å². The van der Waals surface area contributed by atoms with E-state index in [2.05, 4.69) is 4.90 Å². The van der Waals surface area contributed by atoms with Gasteiger partial charge in [0.25, 0.3) is 5.69 Å². The van der Waals surface area contributed by atoms with Crippen molar-refractivity contribution < 1.29 is 14.5 Å². The molecule has 1 heterocycles. The van der Waals surface area contributed by atoms with Gasteiger partial charge in [-0.05, 0) is 37.2 Å². The van der Waals surface area contributed by atoms with Gasteiger partial charge in [-0.15, -0.1) is 0 Å². The number of nitrogens with zero attached hydrogens (tertiary/aromatic N) is 2. The standard InChI is InChI=1S/C15H18N2O4/c1-21-15(18)13-5-4-12(17(19)20)7-14(13)16-8-10-2-3-11(6-10)9-16/h4-5,7,10-11H,2-3,6,8-9H2,1H3. The summed E-state index contributed by atoms with van der Waals surface area (Å²) < 4.78 is 4.80. The summed E-state index contributed by atoms with van der Waals surface area (Å²) >= 11 is 0. The number of hydrogen-bond acceptors (Lipinski definition) is 5. The SMILES string of the molecule is COC(=O)c1ccc([N+](=O)[O-])cc1N1CC2CCC(C2)C1. The molecule has 0 amide bonds. The normalized spacial score (nSPS) is 24.0. The van der Waals surface area contributed by atoms with Crippen LogP contribution in [0.25, 0.3) is 0 Å². The summed E-state index contributed by atoms with van der Waals surface area (Å²) in [5, 5.41) is 11.0. The van der Waals surface area contributed by atoms with Crippen molar-refractivity contribution in [1.29, 1.82) is 0 Å². The van der Waals surface area contributed by atoms with Crippen molar-refractivity contribution in [2.75, 3.05) is 25.1 Å². The second kappa shape index (κ2) is 5.35. The van der Waals surface area contributed by atoms with Gasteiger partial charge in [0.2, 0.25) is 0 Å². The van der Waals surface area contributed by atoms with Gasteiger partial charge in [-0.25, -0.2) is 4.79 Å². The van der Waals surface area contributed by atoms with Gasteiger partial charge < -0.3 is 9.64 Å². The van der Waals surface area contributed by atoms with Crippen molar-refractivity contribution in [3.63, 3.8) is 0 Å². The van der Waals surface area contributed by atoms with Crippen LogP contribution in [0, 0.1) is 22.0 Å². The van der Waals surface area contributed by atoms with Crippen LogP contribution < -0.4 is 4.90 Å². The quantitative estimate of drug-likeness (QED) is 0.486. The van der Waals surface area contributed by atoms with Crippen LogP contribution in [-0.4, -0.2) is 31.1 Å². The van der Waals surface area contributed by atoms with E-state index in [1.165, 1.54) is 44.6 Å². The lowest BCUT2D eigenvalue weighted by Gasteiger charge is -2.34. The number of benzene rings is 1. The molecule has 1 aromatic rings. The van der Waals surface area contributed by atoms with Crippen molar-refractivity contribution in [1.82, 2.24) is 0 Å². The Morgan fingerprint density at radius 1 is 1.33 bits per heavy atom. The first kappa shape index (κ1) is 13.9. The van der Waals surface area contributed by atoms with Crippen LogP contribution in [0.4, 0.5) is 11.4 Å². The third-order valence-corrected chi connectivity index (χ3v) is 4.55. The van der Waals surface area contributed by atoms with Gasteiger partial charge in [-0.2, -0.15) is 0 Å². The Kier molecular flexibility index (Phi) is 3.53. The van der Waals surface area contributed by atoms with E-state index in [0.717, 1.165) is 13.1 Å². The summed E-state index contributed by atoms with van der Waals surface area (Å²) in [6.07, 6.45) is 3.66. The van der Waals surface area contributed by atoms with E-state index in [1.54, 1.807) is 0 Å². The van der Waals surface area contributed by atoms with Crippen LogP contribution in [0.5, 0.6) is 0 Å². The van der Waals surface area contributed by atoms with E-state index in [9.17, 15) is 14.9 Å². The number of methoxy groups -OCH3 is 1.